The Kier molecular flexibility index (Phi) is 11.7. The first-order valence-electron chi connectivity index (χ1n) is 15.6. The van der Waals surface area contributed by atoms with E-state index in [-0.39, 0.29) is 36.4 Å². The summed E-state index contributed by atoms with van der Waals surface area (Å²) in [5.74, 6) is -1.24. The molecule has 6 bridgehead atoms. The van der Waals surface area contributed by atoms with Gasteiger partial charge in [-0.3, -0.25) is 19.4 Å². The van der Waals surface area contributed by atoms with Crippen molar-refractivity contribution in [2.24, 2.45) is 0 Å². The number of ketones is 1. The summed E-state index contributed by atoms with van der Waals surface area (Å²) in [5.41, 5.74) is 2.38. The van der Waals surface area contributed by atoms with E-state index in [0.717, 1.165) is 35.3 Å². The molecule has 0 radical (unpaired) electrons. The van der Waals surface area contributed by atoms with E-state index >= 15 is 0 Å². The minimum atomic E-state index is -1.85. The highest BCUT2D eigenvalue weighted by Crippen LogP contribution is 2.17. The van der Waals surface area contributed by atoms with Crippen LogP contribution in [0.1, 0.15) is 56.9 Å². The van der Waals surface area contributed by atoms with Crippen LogP contribution in [-0.4, -0.2) is 69.9 Å². The van der Waals surface area contributed by atoms with Gasteiger partial charge in [0, 0.05) is 12.8 Å². The number of nitrogens with zero attached hydrogens (tertiary/aromatic N) is 2. The molecule has 0 spiro atoms. The zero-order valence-corrected chi connectivity index (χ0v) is 25.9. The van der Waals surface area contributed by atoms with E-state index in [0.29, 0.717) is 25.4 Å². The van der Waals surface area contributed by atoms with Gasteiger partial charge in [0.05, 0.1) is 31.5 Å². The number of ether oxygens (including phenoxy) is 2. The molecule has 2 unspecified atom stereocenters. The van der Waals surface area contributed by atoms with E-state index < -0.39 is 30.9 Å². The number of amides is 2. The maximum absolute atomic E-state index is 13.6. The maximum Gasteiger partial charge on any atom is 0.475 e. The molecular formula is C35H37BN4O7. The van der Waals surface area contributed by atoms with Crippen molar-refractivity contribution in [1.29, 1.82) is 0 Å². The van der Waals surface area contributed by atoms with Gasteiger partial charge in [0.25, 0.3) is 5.91 Å². The van der Waals surface area contributed by atoms with Crippen LogP contribution in [-0.2, 0) is 24.1 Å². The Balaban J connectivity index is 1.37. The number of aromatic nitrogens is 2. The highest BCUT2D eigenvalue weighted by Gasteiger charge is 2.30. The van der Waals surface area contributed by atoms with Crippen LogP contribution in [0.15, 0.2) is 91.3 Å². The van der Waals surface area contributed by atoms with E-state index in [1.54, 1.807) is 24.3 Å². The van der Waals surface area contributed by atoms with Gasteiger partial charge in [0.15, 0.2) is 5.78 Å². The van der Waals surface area contributed by atoms with E-state index in [9.17, 15) is 24.4 Å². The Hall–Kier alpha value is -5.07. The fourth-order valence-electron chi connectivity index (χ4n) is 5.11. The molecule has 1 aromatic heterocycles. The van der Waals surface area contributed by atoms with Gasteiger partial charge in [0.2, 0.25) is 5.91 Å². The van der Waals surface area contributed by atoms with Crippen LogP contribution < -0.4 is 20.1 Å². The lowest BCUT2D eigenvalue weighted by Gasteiger charge is -2.23. The normalized spacial score (nSPS) is 16.6. The summed E-state index contributed by atoms with van der Waals surface area (Å²) < 4.78 is 11.7. The molecule has 0 saturated carbocycles. The second kappa shape index (κ2) is 16.5. The van der Waals surface area contributed by atoms with E-state index in [4.69, 9.17) is 9.47 Å². The van der Waals surface area contributed by atoms with Crippen LogP contribution in [0.4, 0.5) is 0 Å². The van der Waals surface area contributed by atoms with Gasteiger partial charge in [-0.15, -0.1) is 0 Å². The van der Waals surface area contributed by atoms with E-state index in [1.165, 1.54) is 12.4 Å². The fraction of sp³-hybridized carbons (Fsp3) is 0.286. The molecule has 4 aromatic rings. The molecule has 242 valence electrons. The zero-order chi connectivity index (χ0) is 33.0. The Morgan fingerprint density at radius 1 is 0.851 bits per heavy atom. The smallest absolute Gasteiger partial charge is 0.475 e. The largest absolute Gasteiger partial charge is 0.494 e. The molecule has 4 aliphatic heterocycles. The van der Waals surface area contributed by atoms with Crippen LogP contribution >= 0.6 is 0 Å². The highest BCUT2D eigenvalue weighted by molar-refractivity contribution is 6.43. The van der Waals surface area contributed by atoms with Crippen molar-refractivity contribution >= 4 is 24.7 Å². The van der Waals surface area contributed by atoms with Crippen LogP contribution in [0.5, 0.6) is 11.5 Å². The summed E-state index contributed by atoms with van der Waals surface area (Å²) in [6, 6.07) is 22.7. The lowest BCUT2D eigenvalue weighted by atomic mass is 9.75. The van der Waals surface area contributed by atoms with Crippen LogP contribution in [0, 0.1) is 0 Å². The van der Waals surface area contributed by atoms with Gasteiger partial charge >= 0.3 is 7.12 Å². The highest BCUT2D eigenvalue weighted by atomic mass is 16.5. The molecule has 2 amide bonds. The van der Waals surface area contributed by atoms with Crippen LogP contribution in [0.2, 0.25) is 0 Å². The Bertz CT molecular complexity index is 1640. The van der Waals surface area contributed by atoms with Crippen molar-refractivity contribution < 1.29 is 33.9 Å². The summed E-state index contributed by atoms with van der Waals surface area (Å²) >= 11 is 0. The SMILES string of the molecule is O=C1CCc2ccc(cc2)OCCCCOc2ccc(cc2)CC(C(=O)NC(Cc2ccccc2)B(O)O)NC(=O)c2cncc1n2. The summed E-state index contributed by atoms with van der Waals surface area (Å²) in [4.78, 5) is 48.3. The number of aryl methyl sites for hydroxylation is 1. The van der Waals surface area contributed by atoms with E-state index in [2.05, 4.69) is 20.6 Å². The Morgan fingerprint density at radius 3 is 2.11 bits per heavy atom. The Labute approximate surface area is 273 Å². The lowest BCUT2D eigenvalue weighted by molar-refractivity contribution is -0.123. The molecule has 0 aliphatic carbocycles. The number of nitrogens with one attached hydrogen (secondary N) is 2. The molecule has 3 aromatic carbocycles. The number of carbonyl (C=O) groups excluding carboxylic acids is 3. The third kappa shape index (κ3) is 9.96. The first kappa shape index (κ1) is 33.3. The Morgan fingerprint density at radius 2 is 1.47 bits per heavy atom. The second-order valence-electron chi connectivity index (χ2n) is 11.4. The van der Waals surface area contributed by atoms with Gasteiger partial charge in [-0.05, 0) is 66.6 Å². The molecular weight excluding hydrogens is 599 g/mol. The third-order valence-corrected chi connectivity index (χ3v) is 7.76. The number of carbonyl (C=O) groups is 3. The summed E-state index contributed by atoms with van der Waals surface area (Å²) in [7, 11) is -1.85. The fourth-order valence-corrected chi connectivity index (χ4v) is 5.11. The predicted octanol–water partition coefficient (Wildman–Crippen LogP) is 2.92. The molecule has 11 nitrogen and oxygen atoms in total. The van der Waals surface area contributed by atoms with Crippen molar-refractivity contribution in [3.05, 3.63) is 119 Å². The summed E-state index contributed by atoms with van der Waals surface area (Å²) in [5, 5.41) is 25.5. The molecule has 0 saturated heterocycles. The number of hydrogen-bond acceptors (Lipinski definition) is 9. The minimum Gasteiger partial charge on any atom is -0.494 e. The van der Waals surface area contributed by atoms with Crippen molar-refractivity contribution in [2.75, 3.05) is 13.2 Å². The van der Waals surface area contributed by atoms with Gasteiger partial charge in [-0.2, -0.15) is 0 Å². The number of benzene rings is 3. The van der Waals surface area contributed by atoms with Gasteiger partial charge in [0.1, 0.15) is 28.9 Å². The third-order valence-electron chi connectivity index (χ3n) is 7.76. The topological polar surface area (TPSA) is 160 Å². The number of Topliss-reactive ketones (excluding diaryl/α,β-unsaturated/α-hetero) is 1. The molecule has 4 N–H and O–H groups in total. The van der Waals surface area contributed by atoms with Gasteiger partial charge in [-0.1, -0.05) is 54.6 Å². The first-order chi connectivity index (χ1) is 22.8. The van der Waals surface area contributed by atoms with Crippen molar-refractivity contribution in [3.8, 4) is 11.5 Å². The van der Waals surface area contributed by atoms with Gasteiger partial charge < -0.3 is 30.2 Å². The van der Waals surface area contributed by atoms with Crippen molar-refractivity contribution in [3.63, 3.8) is 0 Å². The molecule has 4 aliphatic rings. The molecule has 5 heterocycles. The van der Waals surface area contributed by atoms with Crippen molar-refractivity contribution in [1.82, 2.24) is 20.6 Å². The van der Waals surface area contributed by atoms with Crippen LogP contribution in [0.25, 0.3) is 0 Å². The summed E-state index contributed by atoms with van der Waals surface area (Å²) in [6.45, 7) is 1.05. The molecule has 47 heavy (non-hydrogen) atoms. The molecule has 2 atom stereocenters. The lowest BCUT2D eigenvalue weighted by Crippen LogP contribution is -2.55. The average Bonchev–Trinajstić information content (AvgIpc) is 3.09. The van der Waals surface area contributed by atoms with Gasteiger partial charge in [-0.25, -0.2) is 4.98 Å². The standard InChI is InChI=1S/C35H37BN4O7/c41-32-17-12-24-8-13-27(14-9-24)46-18-4-5-19-47-28-15-10-26(11-16-28)20-29(39-35(43)31-23-37-22-30(32)38-31)34(42)40-33(36(44)45)21-25-6-2-1-3-7-25/h1-3,6-11,13-16,22-23,29,33,44-45H,4-5,12,17-21H2,(H,39,43)(H,40,42). The average molecular weight is 637 g/mol. The zero-order valence-electron chi connectivity index (χ0n) is 25.9. The quantitative estimate of drug-likeness (QED) is 0.242. The number of rotatable bonds is 5. The molecule has 12 heteroatoms. The van der Waals surface area contributed by atoms with Crippen LogP contribution in [0.3, 0.4) is 0 Å². The second-order valence-corrected chi connectivity index (χ2v) is 11.4. The number of hydrogen-bond donors (Lipinski definition) is 4. The maximum atomic E-state index is 13.6. The van der Waals surface area contributed by atoms with E-state index in [1.807, 2.05) is 54.6 Å². The first-order valence-corrected chi connectivity index (χ1v) is 15.6. The predicted molar refractivity (Wildman–Crippen MR) is 175 cm³/mol. The molecule has 8 rings (SSSR count). The summed E-state index contributed by atoms with van der Waals surface area (Å²) in [6.07, 6.45) is 5.00. The minimum absolute atomic E-state index is 0.0370. The van der Waals surface area contributed by atoms with Crippen molar-refractivity contribution in [2.45, 2.75) is 50.5 Å². The monoisotopic (exact) mass is 636 g/mol. The molecule has 0 fully saturated rings.